The van der Waals surface area contributed by atoms with Crippen molar-refractivity contribution < 1.29 is 14.7 Å². The zero-order valence-corrected chi connectivity index (χ0v) is 12.0. The summed E-state index contributed by atoms with van der Waals surface area (Å²) in [6.07, 6.45) is -0.149. The third-order valence-corrected chi connectivity index (χ3v) is 3.99. The molecule has 0 fully saturated rings. The number of carbonyl (C=O) groups excluding carboxylic acids is 1. The third kappa shape index (κ3) is 2.65. The van der Waals surface area contributed by atoms with E-state index in [1.165, 1.54) is 10.5 Å². The lowest BCUT2D eigenvalue weighted by atomic mass is 9.94. The summed E-state index contributed by atoms with van der Waals surface area (Å²) < 4.78 is 0. The van der Waals surface area contributed by atoms with E-state index in [-0.39, 0.29) is 0 Å². The molecule has 0 aromatic heterocycles. The molecule has 22 heavy (non-hydrogen) atoms. The van der Waals surface area contributed by atoms with Crippen LogP contribution in [0.4, 0.5) is 4.79 Å². The van der Waals surface area contributed by atoms with Crippen LogP contribution in [0.5, 0.6) is 0 Å². The normalized spacial score (nSPS) is 13.5. The Hall–Kier alpha value is -2.82. The summed E-state index contributed by atoms with van der Waals surface area (Å²) in [5.41, 5.74) is 9.90. The average molecular weight is 296 g/mol. The first-order valence-electron chi connectivity index (χ1n) is 7.04. The Morgan fingerprint density at radius 1 is 1.00 bits per heavy atom. The SMILES string of the molecule is NC(=O)c1ccc(-c2ccc3c(c2)CN(C(=O)O)CC3)cc1. The number of amides is 2. The summed E-state index contributed by atoms with van der Waals surface area (Å²) in [5, 5.41) is 9.11. The van der Waals surface area contributed by atoms with Crippen LogP contribution < -0.4 is 5.73 Å². The molecular weight excluding hydrogens is 280 g/mol. The fourth-order valence-corrected chi connectivity index (χ4v) is 2.73. The summed E-state index contributed by atoms with van der Waals surface area (Å²) in [6, 6.07) is 13.2. The van der Waals surface area contributed by atoms with E-state index < -0.39 is 12.0 Å². The van der Waals surface area contributed by atoms with E-state index in [0.717, 1.165) is 23.1 Å². The van der Waals surface area contributed by atoms with Crippen molar-refractivity contribution in [1.29, 1.82) is 0 Å². The zero-order chi connectivity index (χ0) is 15.7. The smallest absolute Gasteiger partial charge is 0.407 e. The minimum absolute atomic E-state index is 0.415. The van der Waals surface area contributed by atoms with Gasteiger partial charge in [0.15, 0.2) is 0 Å². The molecule has 0 aliphatic carbocycles. The monoisotopic (exact) mass is 296 g/mol. The Labute approximate surface area is 128 Å². The molecule has 3 N–H and O–H groups in total. The van der Waals surface area contributed by atoms with Crippen LogP contribution in [0.25, 0.3) is 11.1 Å². The van der Waals surface area contributed by atoms with E-state index in [9.17, 15) is 9.59 Å². The maximum absolute atomic E-state index is 11.1. The largest absolute Gasteiger partial charge is 0.465 e. The number of primary amides is 1. The molecule has 1 heterocycles. The summed E-state index contributed by atoms with van der Waals surface area (Å²) in [6.45, 7) is 0.951. The van der Waals surface area contributed by atoms with Crippen molar-refractivity contribution >= 4 is 12.0 Å². The Balaban J connectivity index is 1.91. The predicted octanol–water partition coefficient (Wildman–Crippen LogP) is 2.49. The second-order valence-corrected chi connectivity index (χ2v) is 5.38. The number of nitrogens with zero attached hydrogens (tertiary/aromatic N) is 1. The summed E-state index contributed by atoms with van der Waals surface area (Å²) in [5.74, 6) is -0.450. The van der Waals surface area contributed by atoms with Gasteiger partial charge >= 0.3 is 6.09 Å². The van der Waals surface area contributed by atoms with E-state index in [1.807, 2.05) is 30.3 Å². The molecule has 5 heteroatoms. The Bertz CT molecular complexity index is 738. The molecule has 1 aliphatic heterocycles. The van der Waals surface area contributed by atoms with Crippen molar-refractivity contribution in [3.8, 4) is 11.1 Å². The number of hydrogen-bond acceptors (Lipinski definition) is 2. The number of hydrogen-bond donors (Lipinski definition) is 2. The van der Waals surface area contributed by atoms with Crippen molar-refractivity contribution in [2.24, 2.45) is 5.73 Å². The van der Waals surface area contributed by atoms with Gasteiger partial charge in [-0.3, -0.25) is 4.79 Å². The molecule has 5 nitrogen and oxygen atoms in total. The molecule has 0 atom stereocenters. The minimum atomic E-state index is -0.887. The van der Waals surface area contributed by atoms with Gasteiger partial charge in [-0.05, 0) is 46.9 Å². The van der Waals surface area contributed by atoms with Gasteiger partial charge in [0.2, 0.25) is 5.91 Å². The molecule has 0 unspecified atom stereocenters. The van der Waals surface area contributed by atoms with Crippen molar-refractivity contribution in [1.82, 2.24) is 4.90 Å². The first kappa shape index (κ1) is 14.1. The fraction of sp³-hybridized carbons (Fsp3) is 0.176. The van der Waals surface area contributed by atoms with E-state index in [1.54, 1.807) is 12.1 Å². The molecule has 2 aromatic rings. The highest BCUT2D eigenvalue weighted by Gasteiger charge is 2.20. The van der Waals surface area contributed by atoms with Crippen LogP contribution in [0.15, 0.2) is 42.5 Å². The highest BCUT2D eigenvalue weighted by molar-refractivity contribution is 5.93. The molecule has 2 amide bonds. The number of carbonyl (C=O) groups is 2. The average Bonchev–Trinajstić information content (AvgIpc) is 2.53. The molecule has 0 radical (unpaired) electrons. The quantitative estimate of drug-likeness (QED) is 0.893. The topological polar surface area (TPSA) is 83.6 Å². The van der Waals surface area contributed by atoms with Crippen LogP contribution in [0.1, 0.15) is 21.5 Å². The Morgan fingerprint density at radius 3 is 2.32 bits per heavy atom. The van der Waals surface area contributed by atoms with Crippen LogP contribution in [0.2, 0.25) is 0 Å². The van der Waals surface area contributed by atoms with E-state index in [4.69, 9.17) is 10.8 Å². The lowest BCUT2D eigenvalue weighted by molar-refractivity contribution is 0.1000. The van der Waals surface area contributed by atoms with Crippen LogP contribution in [-0.4, -0.2) is 28.6 Å². The first-order chi connectivity index (χ1) is 10.5. The highest BCUT2D eigenvalue weighted by atomic mass is 16.4. The number of fused-ring (bicyclic) bond motifs is 1. The number of benzene rings is 2. The molecule has 1 aliphatic rings. The predicted molar refractivity (Wildman–Crippen MR) is 82.5 cm³/mol. The molecule has 0 bridgehead atoms. The fourth-order valence-electron chi connectivity index (χ4n) is 2.73. The molecule has 2 aromatic carbocycles. The number of rotatable bonds is 2. The Kier molecular flexibility index (Phi) is 3.55. The number of carboxylic acid groups (broad SMARTS) is 1. The van der Waals surface area contributed by atoms with Crippen molar-refractivity contribution in [2.75, 3.05) is 6.54 Å². The Morgan fingerprint density at radius 2 is 1.68 bits per heavy atom. The van der Waals surface area contributed by atoms with Gasteiger partial charge in [-0.25, -0.2) is 4.79 Å². The van der Waals surface area contributed by atoms with Gasteiger partial charge in [0.25, 0.3) is 0 Å². The summed E-state index contributed by atoms with van der Waals surface area (Å²) in [4.78, 5) is 23.6. The van der Waals surface area contributed by atoms with Crippen LogP contribution >= 0.6 is 0 Å². The maximum atomic E-state index is 11.1. The molecule has 0 saturated carbocycles. The second kappa shape index (κ2) is 5.52. The lowest BCUT2D eigenvalue weighted by Gasteiger charge is -2.26. The van der Waals surface area contributed by atoms with Crippen LogP contribution in [-0.2, 0) is 13.0 Å². The van der Waals surface area contributed by atoms with Gasteiger partial charge in [0.1, 0.15) is 0 Å². The number of nitrogens with two attached hydrogens (primary N) is 1. The molecule has 112 valence electrons. The van der Waals surface area contributed by atoms with Crippen LogP contribution in [0.3, 0.4) is 0 Å². The zero-order valence-electron chi connectivity index (χ0n) is 12.0. The van der Waals surface area contributed by atoms with Gasteiger partial charge in [-0.1, -0.05) is 24.3 Å². The van der Waals surface area contributed by atoms with Gasteiger partial charge in [-0.2, -0.15) is 0 Å². The van der Waals surface area contributed by atoms with Crippen molar-refractivity contribution in [2.45, 2.75) is 13.0 Å². The second-order valence-electron chi connectivity index (χ2n) is 5.38. The molecule has 3 rings (SSSR count). The van der Waals surface area contributed by atoms with Gasteiger partial charge in [0, 0.05) is 18.7 Å². The highest BCUT2D eigenvalue weighted by Crippen LogP contribution is 2.26. The first-order valence-corrected chi connectivity index (χ1v) is 7.04. The van der Waals surface area contributed by atoms with E-state index in [0.29, 0.717) is 18.7 Å². The van der Waals surface area contributed by atoms with Crippen LogP contribution in [0, 0.1) is 0 Å². The lowest BCUT2D eigenvalue weighted by Crippen LogP contribution is -2.34. The maximum Gasteiger partial charge on any atom is 0.407 e. The van der Waals surface area contributed by atoms with E-state index in [2.05, 4.69) is 0 Å². The molecule has 0 saturated heterocycles. The van der Waals surface area contributed by atoms with Gasteiger partial charge in [-0.15, -0.1) is 0 Å². The van der Waals surface area contributed by atoms with Crippen molar-refractivity contribution in [3.05, 3.63) is 59.2 Å². The van der Waals surface area contributed by atoms with Gasteiger partial charge < -0.3 is 15.7 Å². The van der Waals surface area contributed by atoms with Crippen molar-refractivity contribution in [3.63, 3.8) is 0 Å². The summed E-state index contributed by atoms with van der Waals surface area (Å²) >= 11 is 0. The minimum Gasteiger partial charge on any atom is -0.465 e. The van der Waals surface area contributed by atoms with E-state index >= 15 is 0 Å². The standard InChI is InChI=1S/C17H16N2O3/c18-16(20)13-4-1-11(2-5-13)14-6-3-12-7-8-19(17(21)22)10-15(12)9-14/h1-6,9H,7-8,10H2,(H2,18,20)(H,21,22). The molecule has 0 spiro atoms. The van der Waals surface area contributed by atoms with Gasteiger partial charge in [0.05, 0.1) is 0 Å². The third-order valence-electron chi connectivity index (χ3n) is 3.99. The molecular formula is C17H16N2O3. The summed E-state index contributed by atoms with van der Waals surface area (Å²) in [7, 11) is 0.